The molecule has 0 radical (unpaired) electrons. The number of rotatable bonds is 19. The molecule has 26 heteroatoms. The summed E-state index contributed by atoms with van der Waals surface area (Å²) >= 11 is 0. The van der Waals surface area contributed by atoms with Crippen LogP contribution in [0.15, 0.2) is 0 Å². The van der Waals surface area contributed by atoms with E-state index in [1.807, 2.05) is 0 Å². The van der Waals surface area contributed by atoms with Crippen LogP contribution < -0.4 is 214 Å². The van der Waals surface area contributed by atoms with Crippen molar-refractivity contribution in [1.82, 2.24) is 0 Å². The Bertz CT molecular complexity index is 828. The number of likely N-dealkylation sites (N-methyl/N-ethyl adjacent to an activating group) is 3. The van der Waals surface area contributed by atoms with Crippen molar-refractivity contribution in [2.45, 2.75) is 196 Å². The molecule has 0 fully saturated rings. The van der Waals surface area contributed by atoms with E-state index in [9.17, 15) is 0 Å². The van der Waals surface area contributed by atoms with Gasteiger partial charge in [-0.3, -0.25) is 0 Å². The molecular weight excluding hydrogens is 1130 g/mol. The van der Waals surface area contributed by atoms with Crippen molar-refractivity contribution in [3.8, 4) is 0 Å². The molecule has 0 aromatic carbocycles. The summed E-state index contributed by atoms with van der Waals surface area (Å²) in [5.41, 5.74) is 0. The fourth-order valence-electron chi connectivity index (χ4n) is 6.69. The van der Waals surface area contributed by atoms with Gasteiger partial charge in [0.05, 0.1) is 42.3 Å². The van der Waals surface area contributed by atoms with E-state index < -0.39 is 82.4 Å². The van der Waals surface area contributed by atoms with Crippen LogP contribution in [0.3, 0.4) is 0 Å². The number of hydrogen-bond donors (Lipinski definition) is 4. The summed E-state index contributed by atoms with van der Waals surface area (Å²) in [6.45, 7) is 76.7. The van der Waals surface area contributed by atoms with E-state index in [1.54, 1.807) is 19.6 Å². The molecule has 0 atom stereocenters. The SMILES string of the molecule is C[NH+](C)CC[NH+](CC[NH+](C)C)CC[NH+](C)C.C[Si](C)(C)[N-][Si](C)(C)C.C[Si](C)(C)[N-][Si](C)(C)C.C[Si](C)(C)[N-][Si](C)(C)C.C[Si](C)(C)[N-][Si](C)(C)C.C[Si](C)(C)[N-][Si](C)(C)C.[Br-].[Na+].[Na+].[Na+].[Na+].[Na+].[Na+]. The van der Waals surface area contributed by atoms with Gasteiger partial charge in [-0.1, -0.05) is 279 Å². The van der Waals surface area contributed by atoms with Crippen molar-refractivity contribution >= 4 is 82.4 Å². The van der Waals surface area contributed by atoms with Crippen molar-refractivity contribution in [2.75, 3.05) is 81.6 Å². The molecule has 0 amide bonds. The predicted molar refractivity (Wildman–Crippen MR) is 319 cm³/mol. The van der Waals surface area contributed by atoms with E-state index in [1.165, 1.54) is 39.3 Å². The summed E-state index contributed by atoms with van der Waals surface area (Å²) in [7, 11) is 2.39. The van der Waals surface area contributed by atoms with Gasteiger partial charge in [0.2, 0.25) is 0 Å². The third-order valence-electron chi connectivity index (χ3n) is 6.29. The zero-order valence-corrected chi connectivity index (χ0v) is 79.4. The van der Waals surface area contributed by atoms with Gasteiger partial charge in [-0.15, -0.1) is 0 Å². The summed E-state index contributed by atoms with van der Waals surface area (Å²) in [6.07, 6.45) is 0. The molecular formula is C42H124BrN9Na6Si10+4. The van der Waals surface area contributed by atoms with Crippen molar-refractivity contribution in [3.63, 3.8) is 0 Å². The molecule has 0 saturated heterocycles. The Hall–Kier alpha value is 8.29. The van der Waals surface area contributed by atoms with Crippen LogP contribution in [0.4, 0.5) is 0 Å². The topological polar surface area (TPSA) is 88.3 Å². The van der Waals surface area contributed by atoms with Crippen molar-refractivity contribution in [2.24, 2.45) is 0 Å². The molecule has 0 spiro atoms. The molecule has 0 aromatic rings. The fraction of sp³-hybridized carbons (Fsp3) is 1.00. The zero-order chi connectivity index (χ0) is 51.1. The summed E-state index contributed by atoms with van der Waals surface area (Å²) < 4.78 is 24.1. The molecule has 0 bridgehead atoms. The smallest absolute Gasteiger partial charge is 1.00 e. The maximum absolute atomic E-state index is 4.82. The molecule has 0 aliphatic heterocycles. The molecule has 68 heavy (non-hydrogen) atoms. The molecule has 386 valence electrons. The van der Waals surface area contributed by atoms with Crippen LogP contribution in [-0.2, 0) is 0 Å². The standard InChI is InChI=1S/C12H30N4.5C6H18NSi2.BrH.6Na/c1-13(2)7-10-16(11-8-14(3)4)12-9-15(5)6;5*1-8(2,3)7-9(4,5)6;;;;;;;/h7-12H2,1-6H3;5*1-6H3;1H;;;;;;/q;5*-1;;6*+1/p+3. The summed E-state index contributed by atoms with van der Waals surface area (Å²) in [5, 5.41) is 0. The summed E-state index contributed by atoms with van der Waals surface area (Å²) in [4.78, 5) is 6.45. The quantitative estimate of drug-likeness (QED) is 0.0929. The molecule has 0 aliphatic carbocycles. The van der Waals surface area contributed by atoms with Gasteiger partial charge in [-0.25, -0.2) is 0 Å². The summed E-state index contributed by atoms with van der Waals surface area (Å²) in [5.74, 6) is 0. The number of halogens is 1. The van der Waals surface area contributed by atoms with Gasteiger partial charge in [0.15, 0.2) is 0 Å². The van der Waals surface area contributed by atoms with Crippen LogP contribution in [0.1, 0.15) is 0 Å². The van der Waals surface area contributed by atoms with Crippen molar-refractivity contribution < 1.29 is 214 Å². The Morgan fingerprint density at radius 2 is 0.294 bits per heavy atom. The number of nitrogens with zero attached hydrogens (tertiary/aromatic N) is 5. The first-order valence-corrected chi connectivity index (χ1v) is 58.3. The van der Waals surface area contributed by atoms with Crippen LogP contribution >= 0.6 is 0 Å². The largest absolute Gasteiger partial charge is 1.00 e. The van der Waals surface area contributed by atoms with E-state index in [0.29, 0.717) is 0 Å². The Morgan fingerprint density at radius 1 is 0.206 bits per heavy atom. The van der Waals surface area contributed by atoms with Gasteiger partial charge < -0.3 is 59.8 Å². The maximum Gasteiger partial charge on any atom is 1.00 e. The molecule has 0 rings (SSSR count). The molecule has 0 unspecified atom stereocenters. The molecule has 9 nitrogen and oxygen atoms in total. The minimum Gasteiger partial charge on any atom is -1.00 e. The van der Waals surface area contributed by atoms with E-state index in [0.717, 1.165) is 0 Å². The normalized spacial score (nSPS) is 12.2. The monoisotopic (exact) mass is 1250 g/mol. The zero-order valence-electron chi connectivity index (χ0n) is 55.9. The van der Waals surface area contributed by atoms with Gasteiger partial charge in [-0.05, 0) is 0 Å². The number of nitrogens with one attached hydrogen (secondary N) is 4. The molecule has 0 aromatic heterocycles. The predicted octanol–water partition coefficient (Wildman–Crippen LogP) is -11.5. The van der Waals surface area contributed by atoms with Crippen LogP contribution in [0.5, 0.6) is 0 Å². The second kappa shape index (κ2) is 49.9. The first kappa shape index (κ1) is 108. The first-order valence-electron chi connectivity index (χ1n) is 23.9. The maximum atomic E-state index is 4.82. The molecule has 0 saturated carbocycles. The van der Waals surface area contributed by atoms with Crippen LogP contribution in [0, 0.1) is 0 Å². The Labute approximate surface area is 587 Å². The van der Waals surface area contributed by atoms with E-state index >= 15 is 0 Å². The Kier molecular flexibility index (Phi) is 79.2. The van der Waals surface area contributed by atoms with Gasteiger partial charge >= 0.3 is 177 Å². The van der Waals surface area contributed by atoms with Gasteiger partial charge in [0.25, 0.3) is 0 Å². The minimum atomic E-state index is -1.11. The second-order valence-corrected chi connectivity index (χ2v) is 76.0. The average Bonchev–Trinajstić information content (AvgIpc) is 2.78. The van der Waals surface area contributed by atoms with Crippen LogP contribution in [-0.4, -0.2) is 164 Å². The van der Waals surface area contributed by atoms with Crippen LogP contribution in [0.25, 0.3) is 23.2 Å². The third-order valence-corrected chi connectivity index (χ3v) is 33.1. The summed E-state index contributed by atoms with van der Waals surface area (Å²) in [6, 6.07) is 0. The first-order chi connectivity index (χ1) is 25.9. The number of quaternary nitrogens is 4. The Morgan fingerprint density at radius 3 is 0.338 bits per heavy atom. The van der Waals surface area contributed by atoms with Crippen molar-refractivity contribution in [1.29, 1.82) is 0 Å². The molecule has 0 heterocycles. The van der Waals surface area contributed by atoms with E-state index in [-0.39, 0.29) is 194 Å². The van der Waals surface area contributed by atoms with Gasteiger partial charge in [0, 0.05) is 0 Å². The van der Waals surface area contributed by atoms with E-state index in [4.69, 9.17) is 23.2 Å². The fourth-order valence-corrected chi connectivity index (χ4v) is 46.9. The van der Waals surface area contributed by atoms with Crippen molar-refractivity contribution in [3.05, 3.63) is 23.2 Å². The second-order valence-electron chi connectivity index (χ2n) is 28.1. The molecule has 0 aliphatic rings. The van der Waals surface area contributed by atoms with Crippen LogP contribution in [0.2, 0.25) is 196 Å². The van der Waals surface area contributed by atoms with Gasteiger partial charge in [0.1, 0.15) is 39.3 Å². The third kappa shape index (κ3) is 141. The van der Waals surface area contributed by atoms with Gasteiger partial charge in [-0.2, -0.15) is 0 Å². The number of hydrogen-bond acceptors (Lipinski definition) is 0. The minimum absolute atomic E-state index is 0. The molecule has 4 N–H and O–H groups in total. The van der Waals surface area contributed by atoms with E-state index in [2.05, 4.69) is 239 Å². The average molecular weight is 1250 g/mol. The Balaban J connectivity index is -0.0000000483.